The molecule has 0 bridgehead atoms. The lowest BCUT2D eigenvalue weighted by atomic mass is 10.4. The molecule has 0 unspecified atom stereocenters. The molecule has 2 heterocycles. The normalized spacial score (nSPS) is 10.3. The van der Waals surface area contributed by atoms with E-state index in [1.54, 1.807) is 10.9 Å². The van der Waals surface area contributed by atoms with Crippen LogP contribution in [0.3, 0.4) is 0 Å². The van der Waals surface area contributed by atoms with Gasteiger partial charge in [-0.05, 0) is 22.4 Å². The van der Waals surface area contributed by atoms with E-state index in [2.05, 4.69) is 41.5 Å². The van der Waals surface area contributed by atoms with Crippen LogP contribution in [0.15, 0.2) is 29.4 Å². The summed E-state index contributed by atoms with van der Waals surface area (Å²) in [4.78, 5) is 8.04. The molecule has 6 nitrogen and oxygen atoms in total. The Morgan fingerprint density at radius 1 is 1.38 bits per heavy atom. The molecule has 0 spiro atoms. The second-order valence-corrected chi connectivity index (χ2v) is 3.98. The van der Waals surface area contributed by atoms with Gasteiger partial charge in [0.2, 0.25) is 0 Å². The molecule has 0 fully saturated rings. The molecule has 0 saturated carbocycles. The lowest BCUT2D eigenvalue weighted by molar-refractivity contribution is 0.569. The minimum Gasteiger partial charge on any atom is -0.370 e. The highest BCUT2D eigenvalue weighted by Gasteiger charge is 1.96. The van der Waals surface area contributed by atoms with Gasteiger partial charge in [0, 0.05) is 25.4 Å². The van der Waals surface area contributed by atoms with Crippen molar-refractivity contribution in [3.63, 3.8) is 0 Å². The first-order valence-corrected chi connectivity index (χ1v) is 5.69. The van der Waals surface area contributed by atoms with Gasteiger partial charge in [-0.1, -0.05) is 5.21 Å². The lowest BCUT2D eigenvalue weighted by Gasteiger charge is -2.04. The highest BCUT2D eigenvalue weighted by molar-refractivity contribution is 9.10. The second-order valence-electron chi connectivity index (χ2n) is 3.17. The molecule has 2 aromatic heterocycles. The van der Waals surface area contributed by atoms with Gasteiger partial charge in [0.15, 0.2) is 0 Å². The second kappa shape index (κ2) is 5.55. The van der Waals surface area contributed by atoms with Crippen LogP contribution in [0.2, 0.25) is 0 Å². The molecule has 2 aromatic rings. The van der Waals surface area contributed by atoms with E-state index in [1.807, 2.05) is 12.3 Å². The van der Waals surface area contributed by atoms with Crippen molar-refractivity contribution in [2.24, 2.45) is 0 Å². The Labute approximate surface area is 101 Å². The van der Waals surface area contributed by atoms with E-state index in [0.29, 0.717) is 0 Å². The molecular weight excluding hydrogens is 272 g/mol. The van der Waals surface area contributed by atoms with E-state index in [9.17, 15) is 0 Å². The van der Waals surface area contributed by atoms with E-state index < -0.39 is 0 Å². The standard InChI is InChI=1S/C9H11BrN6/c10-8-6-9(13-7-12-8)11-2-1-4-16-5-3-14-15-16/h3,5-7H,1-2,4H2,(H,11,12,13). The summed E-state index contributed by atoms with van der Waals surface area (Å²) in [7, 11) is 0. The fourth-order valence-corrected chi connectivity index (χ4v) is 1.55. The number of hydrogen-bond acceptors (Lipinski definition) is 5. The third-order valence-electron chi connectivity index (χ3n) is 1.98. The number of hydrogen-bond donors (Lipinski definition) is 1. The van der Waals surface area contributed by atoms with Gasteiger partial charge in [0.1, 0.15) is 16.7 Å². The predicted molar refractivity (Wildman–Crippen MR) is 62.9 cm³/mol. The maximum absolute atomic E-state index is 4.09. The molecule has 0 amide bonds. The summed E-state index contributed by atoms with van der Waals surface area (Å²) >= 11 is 3.29. The lowest BCUT2D eigenvalue weighted by Crippen LogP contribution is -2.08. The van der Waals surface area contributed by atoms with Crippen molar-refractivity contribution < 1.29 is 0 Å². The minimum absolute atomic E-state index is 0.779. The van der Waals surface area contributed by atoms with Gasteiger partial charge in [0.05, 0.1) is 6.20 Å². The number of anilines is 1. The Morgan fingerprint density at radius 2 is 2.31 bits per heavy atom. The smallest absolute Gasteiger partial charge is 0.130 e. The number of aromatic nitrogens is 5. The maximum Gasteiger partial charge on any atom is 0.130 e. The van der Waals surface area contributed by atoms with Crippen molar-refractivity contribution in [1.29, 1.82) is 0 Å². The Morgan fingerprint density at radius 3 is 3.06 bits per heavy atom. The summed E-state index contributed by atoms with van der Waals surface area (Å²) in [5.74, 6) is 0.820. The van der Waals surface area contributed by atoms with Crippen LogP contribution in [0.4, 0.5) is 5.82 Å². The highest BCUT2D eigenvalue weighted by Crippen LogP contribution is 2.09. The van der Waals surface area contributed by atoms with Crippen molar-refractivity contribution in [2.45, 2.75) is 13.0 Å². The van der Waals surface area contributed by atoms with Crippen LogP contribution >= 0.6 is 15.9 Å². The van der Waals surface area contributed by atoms with Crippen LogP contribution in [0, 0.1) is 0 Å². The molecule has 16 heavy (non-hydrogen) atoms. The van der Waals surface area contributed by atoms with Gasteiger partial charge in [-0.2, -0.15) is 0 Å². The molecule has 2 rings (SSSR count). The van der Waals surface area contributed by atoms with Gasteiger partial charge in [-0.25, -0.2) is 9.97 Å². The van der Waals surface area contributed by atoms with Crippen LogP contribution in [-0.4, -0.2) is 31.5 Å². The van der Waals surface area contributed by atoms with Crippen LogP contribution in [-0.2, 0) is 6.54 Å². The largest absolute Gasteiger partial charge is 0.370 e. The predicted octanol–water partition coefficient (Wildman–Crippen LogP) is 1.33. The monoisotopic (exact) mass is 282 g/mol. The first-order valence-electron chi connectivity index (χ1n) is 4.90. The van der Waals surface area contributed by atoms with Crippen molar-refractivity contribution in [2.75, 3.05) is 11.9 Å². The molecule has 0 atom stereocenters. The van der Waals surface area contributed by atoms with Crippen LogP contribution in [0.1, 0.15) is 6.42 Å². The number of nitrogens with zero attached hydrogens (tertiary/aromatic N) is 5. The first kappa shape index (κ1) is 11.0. The number of aryl methyl sites for hydroxylation is 1. The number of halogens is 1. The zero-order chi connectivity index (χ0) is 11.2. The molecule has 0 aromatic carbocycles. The van der Waals surface area contributed by atoms with E-state index in [1.165, 1.54) is 6.33 Å². The average Bonchev–Trinajstić information content (AvgIpc) is 2.77. The van der Waals surface area contributed by atoms with Crippen molar-refractivity contribution in [3.8, 4) is 0 Å². The van der Waals surface area contributed by atoms with Gasteiger partial charge in [-0.3, -0.25) is 4.68 Å². The molecule has 84 valence electrons. The summed E-state index contributed by atoms with van der Waals surface area (Å²) < 4.78 is 2.58. The molecule has 0 saturated heterocycles. The fraction of sp³-hybridized carbons (Fsp3) is 0.333. The molecule has 0 aliphatic rings. The summed E-state index contributed by atoms with van der Waals surface area (Å²) in [5, 5.41) is 10.8. The molecular formula is C9H11BrN6. The topological polar surface area (TPSA) is 68.5 Å². The van der Waals surface area contributed by atoms with Gasteiger partial charge in [0.25, 0.3) is 0 Å². The number of nitrogens with one attached hydrogen (secondary N) is 1. The number of rotatable bonds is 5. The third kappa shape index (κ3) is 3.27. The third-order valence-corrected chi connectivity index (χ3v) is 2.41. The molecule has 1 N–H and O–H groups in total. The van der Waals surface area contributed by atoms with Gasteiger partial charge < -0.3 is 5.32 Å². The Balaban J connectivity index is 1.72. The van der Waals surface area contributed by atoms with E-state index in [0.717, 1.165) is 29.9 Å². The first-order chi connectivity index (χ1) is 7.84. The van der Waals surface area contributed by atoms with E-state index in [-0.39, 0.29) is 0 Å². The van der Waals surface area contributed by atoms with Crippen LogP contribution in [0.5, 0.6) is 0 Å². The van der Waals surface area contributed by atoms with Crippen LogP contribution < -0.4 is 5.32 Å². The Kier molecular flexibility index (Phi) is 3.81. The minimum atomic E-state index is 0.779. The van der Waals surface area contributed by atoms with Crippen molar-refractivity contribution in [1.82, 2.24) is 25.0 Å². The zero-order valence-electron chi connectivity index (χ0n) is 8.54. The molecule has 0 radical (unpaired) electrons. The zero-order valence-corrected chi connectivity index (χ0v) is 10.1. The maximum atomic E-state index is 4.09. The summed E-state index contributed by atoms with van der Waals surface area (Å²) in [6.45, 7) is 1.68. The van der Waals surface area contributed by atoms with E-state index >= 15 is 0 Å². The molecule has 0 aliphatic carbocycles. The van der Waals surface area contributed by atoms with Crippen molar-refractivity contribution in [3.05, 3.63) is 29.4 Å². The molecule has 0 aliphatic heterocycles. The summed E-state index contributed by atoms with van der Waals surface area (Å²) in [5.41, 5.74) is 0. The van der Waals surface area contributed by atoms with E-state index in [4.69, 9.17) is 0 Å². The summed E-state index contributed by atoms with van der Waals surface area (Å²) in [6.07, 6.45) is 6.01. The highest BCUT2D eigenvalue weighted by atomic mass is 79.9. The fourth-order valence-electron chi connectivity index (χ4n) is 1.24. The van der Waals surface area contributed by atoms with Crippen LogP contribution in [0.25, 0.3) is 0 Å². The Bertz CT molecular complexity index is 429. The summed E-state index contributed by atoms with van der Waals surface area (Å²) in [6, 6.07) is 1.84. The average molecular weight is 283 g/mol. The van der Waals surface area contributed by atoms with Gasteiger partial charge in [-0.15, -0.1) is 5.10 Å². The van der Waals surface area contributed by atoms with Gasteiger partial charge >= 0.3 is 0 Å². The quantitative estimate of drug-likeness (QED) is 0.662. The Hall–Kier alpha value is -1.50. The van der Waals surface area contributed by atoms with Crippen molar-refractivity contribution >= 4 is 21.7 Å². The molecule has 7 heteroatoms. The SMILES string of the molecule is Brc1cc(NCCCn2ccnn2)ncn1.